The number of hydrogen-bond donors (Lipinski definition) is 2. The first-order valence-electron chi connectivity index (χ1n) is 7.07. The van der Waals surface area contributed by atoms with Crippen LogP contribution in [0, 0.1) is 11.2 Å². The van der Waals surface area contributed by atoms with Gasteiger partial charge in [-0.05, 0) is 55.0 Å². The molecule has 0 radical (unpaired) electrons. The lowest BCUT2D eigenvalue weighted by Crippen LogP contribution is -2.28. The van der Waals surface area contributed by atoms with Crippen molar-refractivity contribution in [3.05, 3.63) is 68.4 Å². The summed E-state index contributed by atoms with van der Waals surface area (Å²) in [6, 6.07) is 9.81. The second-order valence-corrected chi connectivity index (χ2v) is 7.10. The highest BCUT2D eigenvalue weighted by Gasteiger charge is 2.16. The first-order chi connectivity index (χ1) is 11.4. The Balaban J connectivity index is 2.25. The molecule has 126 valence electrons. The molecular formula is C17H15BrClFN2OS. The van der Waals surface area contributed by atoms with E-state index in [0.717, 1.165) is 21.8 Å². The van der Waals surface area contributed by atoms with Crippen LogP contribution in [0.3, 0.4) is 0 Å². The molecule has 1 amide bonds. The van der Waals surface area contributed by atoms with Crippen molar-refractivity contribution in [2.24, 2.45) is 0 Å². The van der Waals surface area contributed by atoms with Crippen LogP contribution in [0.5, 0.6) is 0 Å². The van der Waals surface area contributed by atoms with Crippen molar-refractivity contribution >= 4 is 50.4 Å². The summed E-state index contributed by atoms with van der Waals surface area (Å²) in [6.07, 6.45) is 2.56. The zero-order valence-corrected chi connectivity index (χ0v) is 16.0. The van der Waals surface area contributed by atoms with Gasteiger partial charge in [0.05, 0.1) is 0 Å². The second kappa shape index (κ2) is 8.65. The number of amidine groups is 1. The Morgan fingerprint density at radius 1 is 1.33 bits per heavy atom. The smallest absolute Gasteiger partial charge is 0.257 e. The standard InChI is InChI=1S/C17H15BrClFN2OS/c1-24-17(21)22-16(23)13-3-2-4-15(20)12(13)7-5-10-9-11(19)6-8-14(10)18/h2-4,6,8-9H,5,7H2,1H3,(H2,21,22,23). The predicted molar refractivity (Wildman–Crippen MR) is 102 cm³/mol. The Bertz CT molecular complexity index is 785. The zero-order valence-electron chi connectivity index (χ0n) is 12.8. The summed E-state index contributed by atoms with van der Waals surface area (Å²) in [5, 5.41) is 10.6. The largest absolute Gasteiger partial charge is 0.301 e. The molecule has 0 fully saturated rings. The third-order valence-electron chi connectivity index (χ3n) is 3.45. The molecule has 24 heavy (non-hydrogen) atoms. The van der Waals surface area contributed by atoms with Gasteiger partial charge in [-0.25, -0.2) is 4.39 Å². The molecule has 0 saturated heterocycles. The lowest BCUT2D eigenvalue weighted by atomic mass is 9.98. The Morgan fingerprint density at radius 2 is 2.08 bits per heavy atom. The predicted octanol–water partition coefficient (Wildman–Crippen LogP) is 5.05. The third-order valence-corrected chi connectivity index (χ3v) is 4.97. The fourth-order valence-electron chi connectivity index (χ4n) is 2.24. The van der Waals surface area contributed by atoms with Crippen LogP contribution in [0.4, 0.5) is 4.39 Å². The summed E-state index contributed by atoms with van der Waals surface area (Å²) in [7, 11) is 0. The quantitative estimate of drug-likeness (QED) is 0.527. The van der Waals surface area contributed by atoms with Crippen molar-refractivity contribution in [2.45, 2.75) is 12.8 Å². The molecule has 2 rings (SSSR count). The van der Waals surface area contributed by atoms with Gasteiger partial charge in [-0.1, -0.05) is 45.4 Å². The molecule has 0 heterocycles. The Labute approximate surface area is 157 Å². The van der Waals surface area contributed by atoms with Crippen LogP contribution >= 0.6 is 39.3 Å². The SMILES string of the molecule is CSC(=N)NC(=O)c1cccc(F)c1CCc1cc(Cl)ccc1Br. The minimum atomic E-state index is -0.478. The molecule has 0 saturated carbocycles. The van der Waals surface area contributed by atoms with Crippen LogP contribution in [0.2, 0.25) is 5.02 Å². The van der Waals surface area contributed by atoms with E-state index in [-0.39, 0.29) is 10.7 Å². The van der Waals surface area contributed by atoms with E-state index in [1.807, 2.05) is 12.1 Å². The van der Waals surface area contributed by atoms with Crippen LogP contribution in [0.1, 0.15) is 21.5 Å². The molecule has 0 spiro atoms. The number of amides is 1. The molecule has 3 nitrogen and oxygen atoms in total. The number of hydrogen-bond acceptors (Lipinski definition) is 3. The molecule has 0 aliphatic heterocycles. The van der Waals surface area contributed by atoms with Gasteiger partial charge in [0.1, 0.15) is 5.82 Å². The number of carbonyl (C=O) groups is 1. The highest BCUT2D eigenvalue weighted by atomic mass is 79.9. The van der Waals surface area contributed by atoms with Crippen LogP contribution in [-0.2, 0) is 12.8 Å². The van der Waals surface area contributed by atoms with Gasteiger partial charge in [0.15, 0.2) is 5.17 Å². The number of thioether (sulfide) groups is 1. The van der Waals surface area contributed by atoms with Crippen LogP contribution in [-0.4, -0.2) is 17.3 Å². The van der Waals surface area contributed by atoms with Crippen molar-refractivity contribution in [2.75, 3.05) is 6.26 Å². The molecule has 0 aliphatic carbocycles. The number of carbonyl (C=O) groups excluding carboxylic acids is 1. The third kappa shape index (κ3) is 4.82. The Hall–Kier alpha value is -1.37. The molecule has 2 N–H and O–H groups in total. The molecule has 7 heteroatoms. The van der Waals surface area contributed by atoms with Gasteiger partial charge in [0.25, 0.3) is 5.91 Å². The maximum atomic E-state index is 14.2. The zero-order chi connectivity index (χ0) is 17.7. The van der Waals surface area contributed by atoms with Gasteiger partial charge < -0.3 is 5.32 Å². The van der Waals surface area contributed by atoms with E-state index in [9.17, 15) is 9.18 Å². The summed E-state index contributed by atoms with van der Waals surface area (Å²) >= 11 is 10.6. The van der Waals surface area contributed by atoms with Gasteiger partial charge in [-0.15, -0.1) is 0 Å². The second-order valence-electron chi connectivity index (χ2n) is 4.99. The highest BCUT2D eigenvalue weighted by molar-refractivity contribution is 9.10. The fourth-order valence-corrected chi connectivity index (χ4v) is 3.08. The van der Waals surface area contributed by atoms with Crippen molar-refractivity contribution in [3.63, 3.8) is 0 Å². The molecule has 2 aromatic carbocycles. The maximum absolute atomic E-state index is 14.2. The van der Waals surface area contributed by atoms with Crippen molar-refractivity contribution in [1.82, 2.24) is 5.32 Å². The average Bonchev–Trinajstić information content (AvgIpc) is 2.56. The Morgan fingerprint density at radius 3 is 2.79 bits per heavy atom. The van der Waals surface area contributed by atoms with Gasteiger partial charge in [0, 0.05) is 20.6 Å². The molecule has 0 aromatic heterocycles. The summed E-state index contributed by atoms with van der Waals surface area (Å²) in [6.45, 7) is 0. The molecule has 0 bridgehead atoms. The number of benzene rings is 2. The van der Waals surface area contributed by atoms with E-state index in [1.54, 1.807) is 18.4 Å². The lowest BCUT2D eigenvalue weighted by Gasteiger charge is -2.12. The van der Waals surface area contributed by atoms with Gasteiger partial charge in [-0.3, -0.25) is 10.2 Å². The summed E-state index contributed by atoms with van der Waals surface area (Å²) in [5.41, 5.74) is 1.51. The first-order valence-corrected chi connectivity index (χ1v) is 9.47. The number of aryl methyl sites for hydroxylation is 1. The Kier molecular flexibility index (Phi) is 6.83. The normalized spacial score (nSPS) is 10.5. The van der Waals surface area contributed by atoms with E-state index in [1.165, 1.54) is 12.1 Å². The number of rotatable bonds is 4. The molecule has 2 aromatic rings. The van der Waals surface area contributed by atoms with Gasteiger partial charge in [0.2, 0.25) is 0 Å². The average molecular weight is 430 g/mol. The summed E-state index contributed by atoms with van der Waals surface area (Å²) < 4.78 is 15.1. The van der Waals surface area contributed by atoms with E-state index in [0.29, 0.717) is 23.4 Å². The minimum absolute atomic E-state index is 0.0211. The van der Waals surface area contributed by atoms with Crippen molar-refractivity contribution < 1.29 is 9.18 Å². The first kappa shape index (κ1) is 19.0. The molecule has 0 atom stereocenters. The molecular weight excluding hydrogens is 415 g/mol. The van der Waals surface area contributed by atoms with E-state index in [2.05, 4.69) is 21.2 Å². The van der Waals surface area contributed by atoms with Gasteiger partial charge >= 0.3 is 0 Å². The topological polar surface area (TPSA) is 53.0 Å². The van der Waals surface area contributed by atoms with Crippen LogP contribution < -0.4 is 5.32 Å². The van der Waals surface area contributed by atoms with Crippen LogP contribution in [0.25, 0.3) is 0 Å². The molecule has 0 unspecified atom stereocenters. The fraction of sp³-hybridized carbons (Fsp3) is 0.176. The van der Waals surface area contributed by atoms with E-state index < -0.39 is 11.7 Å². The molecule has 0 aliphatic rings. The van der Waals surface area contributed by atoms with Gasteiger partial charge in [-0.2, -0.15) is 0 Å². The maximum Gasteiger partial charge on any atom is 0.257 e. The van der Waals surface area contributed by atoms with Crippen molar-refractivity contribution in [1.29, 1.82) is 5.41 Å². The van der Waals surface area contributed by atoms with E-state index >= 15 is 0 Å². The summed E-state index contributed by atoms with van der Waals surface area (Å²) in [5.74, 6) is -0.912. The monoisotopic (exact) mass is 428 g/mol. The van der Waals surface area contributed by atoms with Crippen molar-refractivity contribution in [3.8, 4) is 0 Å². The van der Waals surface area contributed by atoms with E-state index in [4.69, 9.17) is 17.0 Å². The lowest BCUT2D eigenvalue weighted by molar-refractivity contribution is 0.0976. The minimum Gasteiger partial charge on any atom is -0.301 e. The number of nitrogens with one attached hydrogen (secondary N) is 2. The van der Waals surface area contributed by atoms with Crippen LogP contribution in [0.15, 0.2) is 40.9 Å². The highest BCUT2D eigenvalue weighted by Crippen LogP contribution is 2.24. The summed E-state index contributed by atoms with van der Waals surface area (Å²) in [4.78, 5) is 12.3. The number of halogens is 3.